The molecular formula is C8H19NO. The Balaban J connectivity index is 0. The summed E-state index contributed by atoms with van der Waals surface area (Å²) in [6.45, 7) is 4.45. The molecular weight excluding hydrogens is 126 g/mol. The Morgan fingerprint density at radius 3 is 2.30 bits per heavy atom. The highest BCUT2D eigenvalue weighted by Gasteiger charge is 2.04. The fourth-order valence-corrected chi connectivity index (χ4v) is 0.565. The van der Waals surface area contributed by atoms with Crippen molar-refractivity contribution in [2.45, 2.75) is 34.1 Å². The van der Waals surface area contributed by atoms with E-state index in [4.69, 9.17) is 5.73 Å². The van der Waals surface area contributed by atoms with E-state index in [0.29, 0.717) is 18.7 Å². The third-order valence-corrected chi connectivity index (χ3v) is 1.27. The van der Waals surface area contributed by atoms with Crippen molar-refractivity contribution in [1.29, 1.82) is 0 Å². The highest BCUT2D eigenvalue weighted by atomic mass is 16.1. The summed E-state index contributed by atoms with van der Waals surface area (Å²) in [5.74, 6) is 0.497. The molecule has 0 aliphatic heterocycles. The zero-order valence-electron chi connectivity index (χ0n) is 6.18. The lowest BCUT2D eigenvalue weighted by molar-refractivity contribution is -0.121. The number of carbonyl (C=O) groups is 1. The van der Waals surface area contributed by atoms with E-state index in [0.717, 1.165) is 6.42 Å². The Morgan fingerprint density at radius 2 is 2.00 bits per heavy atom. The molecule has 0 fully saturated rings. The monoisotopic (exact) mass is 145 g/mol. The van der Waals surface area contributed by atoms with Crippen molar-refractivity contribution in [3.63, 3.8) is 0 Å². The molecule has 2 nitrogen and oxygen atoms in total. The van der Waals surface area contributed by atoms with Crippen LogP contribution in [0.15, 0.2) is 0 Å². The molecule has 0 heterocycles. The first-order chi connectivity index (χ1) is 4.18. The van der Waals surface area contributed by atoms with Gasteiger partial charge in [0.1, 0.15) is 5.78 Å². The predicted molar refractivity (Wildman–Crippen MR) is 44.9 cm³/mol. The van der Waals surface area contributed by atoms with E-state index in [1.54, 1.807) is 0 Å². The maximum absolute atomic E-state index is 10.8. The molecule has 0 bridgehead atoms. The first-order valence-electron chi connectivity index (χ1n) is 3.41. The third kappa shape index (κ3) is 5.76. The first kappa shape index (κ1) is 12.3. The molecule has 2 heteroatoms. The molecule has 0 radical (unpaired) electrons. The molecule has 0 aromatic heterocycles. The van der Waals surface area contributed by atoms with Gasteiger partial charge in [0.15, 0.2) is 0 Å². The van der Waals surface area contributed by atoms with Gasteiger partial charge in [-0.3, -0.25) is 4.79 Å². The van der Waals surface area contributed by atoms with Gasteiger partial charge in [-0.25, -0.2) is 0 Å². The van der Waals surface area contributed by atoms with Gasteiger partial charge in [0.05, 0.1) is 0 Å². The van der Waals surface area contributed by atoms with E-state index in [1.807, 2.05) is 13.8 Å². The van der Waals surface area contributed by atoms with Crippen molar-refractivity contribution >= 4 is 5.78 Å². The van der Waals surface area contributed by atoms with Crippen molar-refractivity contribution in [2.75, 3.05) is 6.54 Å². The van der Waals surface area contributed by atoms with Gasteiger partial charge in [-0.1, -0.05) is 21.3 Å². The summed E-state index contributed by atoms with van der Waals surface area (Å²) in [6.07, 6.45) is 1.48. The minimum absolute atomic E-state index is 0. The lowest BCUT2D eigenvalue weighted by atomic mass is 10.1. The van der Waals surface area contributed by atoms with Crippen molar-refractivity contribution in [3.05, 3.63) is 0 Å². The average Bonchev–Trinajstić information content (AvgIpc) is 1.82. The highest BCUT2D eigenvalue weighted by molar-refractivity contribution is 5.80. The molecule has 0 amide bonds. The Bertz CT molecular complexity index is 89.3. The predicted octanol–water partition coefficient (Wildman–Crippen LogP) is 1.59. The molecule has 0 aliphatic carbocycles. The smallest absolute Gasteiger partial charge is 0.135 e. The minimum atomic E-state index is 0. The second-order valence-electron chi connectivity index (χ2n) is 2.51. The van der Waals surface area contributed by atoms with Crippen molar-refractivity contribution in [3.8, 4) is 0 Å². The molecule has 0 saturated carbocycles. The number of nitrogens with two attached hydrogens (primary N) is 1. The molecule has 0 aromatic rings. The van der Waals surface area contributed by atoms with Gasteiger partial charge in [-0.05, 0) is 13.0 Å². The van der Waals surface area contributed by atoms with Crippen molar-refractivity contribution in [2.24, 2.45) is 11.7 Å². The van der Waals surface area contributed by atoms with Crippen LogP contribution < -0.4 is 5.73 Å². The van der Waals surface area contributed by atoms with Crippen LogP contribution in [0.3, 0.4) is 0 Å². The zero-order chi connectivity index (χ0) is 7.28. The van der Waals surface area contributed by atoms with Gasteiger partial charge in [0, 0.05) is 12.3 Å². The Labute approximate surface area is 63.8 Å². The largest absolute Gasteiger partial charge is 0.330 e. The van der Waals surface area contributed by atoms with E-state index in [9.17, 15) is 4.79 Å². The molecule has 0 spiro atoms. The number of rotatable bonds is 4. The summed E-state index contributed by atoms with van der Waals surface area (Å²) >= 11 is 0. The average molecular weight is 145 g/mol. The molecule has 0 atom stereocenters. The maximum Gasteiger partial charge on any atom is 0.135 e. The lowest BCUT2D eigenvalue weighted by Crippen LogP contribution is -2.09. The van der Waals surface area contributed by atoms with E-state index >= 15 is 0 Å². The van der Waals surface area contributed by atoms with Gasteiger partial charge in [-0.15, -0.1) is 0 Å². The van der Waals surface area contributed by atoms with E-state index in [1.165, 1.54) is 0 Å². The SMILES string of the molecule is C.CC(C)C(=O)CCCN. The van der Waals surface area contributed by atoms with Crippen LogP contribution >= 0.6 is 0 Å². The van der Waals surface area contributed by atoms with Gasteiger partial charge >= 0.3 is 0 Å². The Morgan fingerprint density at radius 1 is 1.50 bits per heavy atom. The summed E-state index contributed by atoms with van der Waals surface area (Å²) in [5.41, 5.74) is 5.22. The quantitative estimate of drug-likeness (QED) is 0.652. The summed E-state index contributed by atoms with van der Waals surface area (Å²) in [6, 6.07) is 0. The number of hydrogen-bond donors (Lipinski definition) is 1. The van der Waals surface area contributed by atoms with Gasteiger partial charge < -0.3 is 5.73 Å². The fraction of sp³-hybridized carbons (Fsp3) is 0.875. The lowest BCUT2D eigenvalue weighted by Gasteiger charge is -2.00. The Kier molecular flexibility index (Phi) is 8.31. The molecule has 62 valence electrons. The van der Waals surface area contributed by atoms with Crippen LogP contribution in [0.2, 0.25) is 0 Å². The van der Waals surface area contributed by atoms with E-state index in [-0.39, 0.29) is 13.3 Å². The summed E-state index contributed by atoms with van der Waals surface area (Å²) < 4.78 is 0. The molecule has 0 unspecified atom stereocenters. The molecule has 2 N–H and O–H groups in total. The summed E-state index contributed by atoms with van der Waals surface area (Å²) in [7, 11) is 0. The van der Waals surface area contributed by atoms with Crippen LogP contribution in [0.5, 0.6) is 0 Å². The van der Waals surface area contributed by atoms with Gasteiger partial charge in [0.2, 0.25) is 0 Å². The number of Topliss-reactive ketones (excluding diaryl/α,β-unsaturated/α-hetero) is 1. The van der Waals surface area contributed by atoms with E-state index in [2.05, 4.69) is 0 Å². The van der Waals surface area contributed by atoms with Crippen LogP contribution in [-0.4, -0.2) is 12.3 Å². The van der Waals surface area contributed by atoms with Gasteiger partial charge in [0.25, 0.3) is 0 Å². The van der Waals surface area contributed by atoms with E-state index < -0.39 is 0 Å². The van der Waals surface area contributed by atoms with Crippen LogP contribution in [-0.2, 0) is 4.79 Å². The second-order valence-corrected chi connectivity index (χ2v) is 2.51. The first-order valence-corrected chi connectivity index (χ1v) is 3.41. The van der Waals surface area contributed by atoms with Crippen LogP contribution in [0.25, 0.3) is 0 Å². The molecule has 0 aromatic carbocycles. The van der Waals surface area contributed by atoms with Crippen molar-refractivity contribution < 1.29 is 4.79 Å². The van der Waals surface area contributed by atoms with Crippen LogP contribution in [0.4, 0.5) is 0 Å². The highest BCUT2D eigenvalue weighted by Crippen LogP contribution is 1.99. The fourth-order valence-electron chi connectivity index (χ4n) is 0.565. The standard InChI is InChI=1S/C7H15NO.CH4/c1-6(2)7(9)4-3-5-8;/h6H,3-5,8H2,1-2H3;1H4. The summed E-state index contributed by atoms with van der Waals surface area (Å²) in [5, 5.41) is 0. The number of hydrogen-bond acceptors (Lipinski definition) is 2. The number of carbonyl (C=O) groups excluding carboxylic acids is 1. The normalized spacial score (nSPS) is 9.20. The minimum Gasteiger partial charge on any atom is -0.330 e. The molecule has 10 heavy (non-hydrogen) atoms. The topological polar surface area (TPSA) is 43.1 Å². The molecule has 0 rings (SSSR count). The molecule has 0 saturated heterocycles. The third-order valence-electron chi connectivity index (χ3n) is 1.27. The van der Waals surface area contributed by atoms with Crippen LogP contribution in [0, 0.1) is 5.92 Å². The summed E-state index contributed by atoms with van der Waals surface area (Å²) in [4.78, 5) is 10.8. The number of ketones is 1. The molecule has 0 aliphatic rings. The Hall–Kier alpha value is -0.370. The second kappa shape index (κ2) is 6.75. The van der Waals surface area contributed by atoms with Gasteiger partial charge in [-0.2, -0.15) is 0 Å². The van der Waals surface area contributed by atoms with Crippen molar-refractivity contribution in [1.82, 2.24) is 0 Å². The van der Waals surface area contributed by atoms with Crippen LogP contribution in [0.1, 0.15) is 34.1 Å². The zero-order valence-corrected chi connectivity index (χ0v) is 6.18. The maximum atomic E-state index is 10.8.